The predicted molar refractivity (Wildman–Crippen MR) is 64.1 cm³/mol. The van der Waals surface area contributed by atoms with Gasteiger partial charge in [-0.05, 0) is 13.8 Å². The van der Waals surface area contributed by atoms with Crippen molar-refractivity contribution in [2.45, 2.75) is 25.0 Å². The third-order valence-electron chi connectivity index (χ3n) is 2.03. The number of carboxylic acid groups (broad SMARTS) is 1. The Morgan fingerprint density at radius 2 is 2.22 bits per heavy atom. The van der Waals surface area contributed by atoms with Crippen molar-refractivity contribution in [3.8, 4) is 0 Å². The van der Waals surface area contributed by atoms with Gasteiger partial charge in [0.15, 0.2) is 5.16 Å². The van der Waals surface area contributed by atoms with Crippen LogP contribution in [0.15, 0.2) is 5.16 Å². The first-order valence-corrected chi connectivity index (χ1v) is 6.17. The second-order valence-electron chi connectivity index (χ2n) is 3.32. The zero-order valence-corrected chi connectivity index (χ0v) is 10.8. The van der Waals surface area contributed by atoms with Crippen molar-refractivity contribution in [3.05, 3.63) is 0 Å². The molecule has 1 aromatic heterocycles. The second-order valence-corrected chi connectivity index (χ2v) is 4.26. The van der Waals surface area contributed by atoms with Crippen molar-refractivity contribution in [1.29, 1.82) is 0 Å². The normalized spacial score (nSPS) is 12.1. The molecule has 8 nitrogen and oxygen atoms in total. The highest BCUT2D eigenvalue weighted by atomic mass is 32.2. The van der Waals surface area contributed by atoms with E-state index in [0.717, 1.165) is 11.8 Å². The summed E-state index contributed by atoms with van der Waals surface area (Å²) < 4.78 is 6.22. The number of esters is 1. The van der Waals surface area contributed by atoms with E-state index in [9.17, 15) is 9.59 Å². The molecule has 1 atom stereocenters. The standard InChI is InChI=1S/C9H14N4O4S/c1-3-17-7(16)5(2)13-8(10)11-12-9(13)18-4-6(14)15/h5H,3-4H2,1-2H3,(H2,10,11)(H,14,15). The average Bonchev–Trinajstić information content (AvgIpc) is 2.67. The minimum atomic E-state index is -0.989. The highest BCUT2D eigenvalue weighted by Crippen LogP contribution is 2.23. The molecule has 0 amide bonds. The number of anilines is 1. The van der Waals surface area contributed by atoms with Crippen molar-refractivity contribution in [2.24, 2.45) is 0 Å². The van der Waals surface area contributed by atoms with Crippen LogP contribution in [0.3, 0.4) is 0 Å². The van der Waals surface area contributed by atoms with Crippen LogP contribution in [0.2, 0.25) is 0 Å². The van der Waals surface area contributed by atoms with Gasteiger partial charge in [0.2, 0.25) is 5.95 Å². The quantitative estimate of drug-likeness (QED) is 0.556. The fraction of sp³-hybridized carbons (Fsp3) is 0.556. The summed E-state index contributed by atoms with van der Waals surface area (Å²) in [7, 11) is 0. The van der Waals surface area contributed by atoms with Gasteiger partial charge in [0.1, 0.15) is 6.04 Å². The number of ether oxygens (including phenoxy) is 1. The molecule has 9 heteroatoms. The number of aromatic nitrogens is 3. The van der Waals surface area contributed by atoms with Gasteiger partial charge in [-0.3, -0.25) is 9.36 Å². The number of carbonyl (C=O) groups is 2. The van der Waals surface area contributed by atoms with Crippen molar-refractivity contribution in [1.82, 2.24) is 14.8 Å². The number of thioether (sulfide) groups is 1. The molecule has 0 fully saturated rings. The van der Waals surface area contributed by atoms with E-state index in [1.54, 1.807) is 13.8 Å². The van der Waals surface area contributed by atoms with Gasteiger partial charge < -0.3 is 15.6 Å². The van der Waals surface area contributed by atoms with Crippen molar-refractivity contribution < 1.29 is 19.4 Å². The summed E-state index contributed by atoms with van der Waals surface area (Å²) in [6.07, 6.45) is 0. The van der Waals surface area contributed by atoms with E-state index in [1.807, 2.05) is 0 Å². The Morgan fingerprint density at radius 1 is 1.56 bits per heavy atom. The number of hydrogen-bond acceptors (Lipinski definition) is 7. The van der Waals surface area contributed by atoms with Crippen LogP contribution in [0.25, 0.3) is 0 Å². The summed E-state index contributed by atoms with van der Waals surface area (Å²) >= 11 is 0.942. The zero-order valence-electron chi connectivity index (χ0n) is 9.99. The summed E-state index contributed by atoms with van der Waals surface area (Å²) in [5.74, 6) is -1.60. The van der Waals surface area contributed by atoms with E-state index in [4.69, 9.17) is 15.6 Å². The van der Waals surface area contributed by atoms with Gasteiger partial charge in [-0.1, -0.05) is 11.8 Å². The Bertz CT molecular complexity index is 448. The molecule has 0 saturated carbocycles. The Balaban J connectivity index is 2.89. The molecular weight excluding hydrogens is 260 g/mol. The Morgan fingerprint density at radius 3 is 2.78 bits per heavy atom. The molecule has 0 aliphatic carbocycles. The molecule has 0 radical (unpaired) electrons. The number of nitrogen functional groups attached to an aromatic ring is 1. The highest BCUT2D eigenvalue weighted by molar-refractivity contribution is 7.99. The average molecular weight is 274 g/mol. The van der Waals surface area contributed by atoms with Crippen molar-refractivity contribution in [3.63, 3.8) is 0 Å². The van der Waals surface area contributed by atoms with Gasteiger partial charge in [0.05, 0.1) is 12.4 Å². The zero-order chi connectivity index (χ0) is 13.7. The number of hydrogen-bond donors (Lipinski definition) is 2. The first kappa shape index (κ1) is 14.3. The van der Waals surface area contributed by atoms with Crippen LogP contribution in [0.4, 0.5) is 5.95 Å². The van der Waals surface area contributed by atoms with Crippen LogP contribution in [0.1, 0.15) is 19.9 Å². The molecule has 0 aromatic carbocycles. The lowest BCUT2D eigenvalue weighted by molar-refractivity contribution is -0.146. The predicted octanol–water partition coefficient (Wildman–Crippen LogP) is 0.161. The van der Waals surface area contributed by atoms with Gasteiger partial charge in [-0.15, -0.1) is 10.2 Å². The van der Waals surface area contributed by atoms with Gasteiger partial charge in [0, 0.05) is 0 Å². The molecular formula is C9H14N4O4S. The van der Waals surface area contributed by atoms with E-state index < -0.39 is 18.0 Å². The molecule has 18 heavy (non-hydrogen) atoms. The molecule has 1 unspecified atom stereocenters. The van der Waals surface area contributed by atoms with Crippen LogP contribution in [-0.2, 0) is 14.3 Å². The monoisotopic (exact) mass is 274 g/mol. The molecule has 0 saturated heterocycles. The van der Waals surface area contributed by atoms with Crippen LogP contribution < -0.4 is 5.73 Å². The van der Waals surface area contributed by atoms with E-state index in [2.05, 4.69) is 10.2 Å². The summed E-state index contributed by atoms with van der Waals surface area (Å²) in [5, 5.41) is 16.2. The Labute approximate surface area is 108 Å². The smallest absolute Gasteiger partial charge is 0.329 e. The highest BCUT2D eigenvalue weighted by Gasteiger charge is 2.23. The third kappa shape index (κ3) is 3.36. The topological polar surface area (TPSA) is 120 Å². The maximum Gasteiger partial charge on any atom is 0.329 e. The van der Waals surface area contributed by atoms with E-state index in [-0.39, 0.29) is 23.5 Å². The summed E-state index contributed by atoms with van der Waals surface area (Å²) in [5.41, 5.74) is 5.60. The molecule has 1 heterocycles. The molecule has 0 aliphatic heterocycles. The minimum absolute atomic E-state index is 0.0449. The van der Waals surface area contributed by atoms with Crippen molar-refractivity contribution >= 4 is 29.6 Å². The van der Waals surface area contributed by atoms with Gasteiger partial charge in [0.25, 0.3) is 0 Å². The molecule has 1 aromatic rings. The van der Waals surface area contributed by atoms with E-state index in [0.29, 0.717) is 0 Å². The minimum Gasteiger partial charge on any atom is -0.481 e. The first-order chi connectivity index (χ1) is 8.47. The molecule has 0 spiro atoms. The fourth-order valence-corrected chi connectivity index (χ4v) is 1.99. The SMILES string of the molecule is CCOC(=O)C(C)n1c(N)nnc1SCC(=O)O. The maximum absolute atomic E-state index is 11.6. The Kier molecular flexibility index (Phi) is 4.95. The van der Waals surface area contributed by atoms with Crippen LogP contribution in [0.5, 0.6) is 0 Å². The second kappa shape index (κ2) is 6.24. The molecule has 100 valence electrons. The summed E-state index contributed by atoms with van der Waals surface area (Å²) in [6, 6.07) is -0.698. The molecule has 1 rings (SSSR count). The van der Waals surface area contributed by atoms with E-state index in [1.165, 1.54) is 4.57 Å². The van der Waals surface area contributed by atoms with Crippen molar-refractivity contribution in [2.75, 3.05) is 18.1 Å². The van der Waals surface area contributed by atoms with Crippen LogP contribution in [-0.4, -0.2) is 44.2 Å². The third-order valence-corrected chi connectivity index (χ3v) is 2.96. The van der Waals surface area contributed by atoms with Crippen LogP contribution >= 0.6 is 11.8 Å². The fourth-order valence-electron chi connectivity index (χ4n) is 1.25. The molecule has 0 bridgehead atoms. The van der Waals surface area contributed by atoms with E-state index >= 15 is 0 Å². The lowest BCUT2D eigenvalue weighted by Gasteiger charge is -2.14. The lowest BCUT2D eigenvalue weighted by Crippen LogP contribution is -2.21. The van der Waals surface area contributed by atoms with Crippen LogP contribution in [0, 0.1) is 0 Å². The maximum atomic E-state index is 11.6. The van der Waals surface area contributed by atoms with Gasteiger partial charge >= 0.3 is 11.9 Å². The summed E-state index contributed by atoms with van der Waals surface area (Å²) in [4.78, 5) is 22.1. The molecule has 3 N–H and O–H groups in total. The Hall–Kier alpha value is -1.77. The summed E-state index contributed by atoms with van der Waals surface area (Å²) in [6.45, 7) is 3.53. The number of nitrogens with zero attached hydrogens (tertiary/aromatic N) is 3. The number of carbonyl (C=O) groups excluding carboxylic acids is 1. The number of carboxylic acids is 1. The van der Waals surface area contributed by atoms with Gasteiger partial charge in [-0.25, -0.2) is 4.79 Å². The molecule has 0 aliphatic rings. The number of nitrogens with two attached hydrogens (primary N) is 1. The first-order valence-electron chi connectivity index (χ1n) is 5.19. The number of aliphatic carboxylic acids is 1. The lowest BCUT2D eigenvalue weighted by atomic mass is 10.3. The number of rotatable bonds is 6. The van der Waals surface area contributed by atoms with Gasteiger partial charge in [-0.2, -0.15) is 0 Å². The largest absolute Gasteiger partial charge is 0.481 e.